The third-order valence-electron chi connectivity index (χ3n) is 4.91. The van der Waals surface area contributed by atoms with Crippen LogP contribution in [-0.4, -0.2) is 33.4 Å². The molecule has 0 aromatic rings. The number of methoxy groups -OCH3 is 1. The van der Waals surface area contributed by atoms with Gasteiger partial charge in [0, 0.05) is 12.0 Å². The SMILES string of the molecule is CC\C(OC)=C(/C(C)=C\C(C)=C\C(=C(O)/C(O)=C/C(C)C)C1SCCCS1)C(C)(C)C. The molecule has 31 heavy (non-hydrogen) atoms. The van der Waals surface area contributed by atoms with Crippen molar-refractivity contribution in [1.29, 1.82) is 0 Å². The number of aliphatic hydroxyl groups is 2. The molecule has 1 aliphatic rings. The summed E-state index contributed by atoms with van der Waals surface area (Å²) in [5, 5.41) is 21.4. The minimum atomic E-state index is -0.0453. The molecule has 1 saturated heterocycles. The number of allylic oxidation sites excluding steroid dienone is 7. The summed E-state index contributed by atoms with van der Waals surface area (Å²) in [6, 6.07) is 0. The van der Waals surface area contributed by atoms with Crippen LogP contribution in [0.2, 0.25) is 0 Å². The van der Waals surface area contributed by atoms with Gasteiger partial charge in [0.25, 0.3) is 0 Å². The van der Waals surface area contributed by atoms with Crippen molar-refractivity contribution in [3.05, 3.63) is 57.8 Å². The van der Waals surface area contributed by atoms with Crippen molar-refractivity contribution in [2.75, 3.05) is 18.6 Å². The fourth-order valence-electron chi connectivity index (χ4n) is 3.81. The summed E-state index contributed by atoms with van der Waals surface area (Å²) < 4.78 is 5.81. The molecular formula is C26H42O3S2. The van der Waals surface area contributed by atoms with Gasteiger partial charge in [-0.05, 0) is 60.3 Å². The molecule has 2 N–H and O–H groups in total. The monoisotopic (exact) mass is 466 g/mol. The molecule has 3 nitrogen and oxygen atoms in total. The third kappa shape index (κ3) is 8.69. The summed E-state index contributed by atoms with van der Waals surface area (Å²) in [5.74, 6) is 3.24. The predicted molar refractivity (Wildman–Crippen MR) is 140 cm³/mol. The van der Waals surface area contributed by atoms with Crippen molar-refractivity contribution < 1.29 is 14.9 Å². The van der Waals surface area contributed by atoms with Crippen LogP contribution >= 0.6 is 23.5 Å². The van der Waals surface area contributed by atoms with E-state index in [1.165, 1.54) is 12.0 Å². The molecule has 0 atom stereocenters. The minimum Gasteiger partial charge on any atom is -0.504 e. The topological polar surface area (TPSA) is 49.7 Å². The summed E-state index contributed by atoms with van der Waals surface area (Å²) in [5.41, 5.74) is 4.15. The molecule has 1 aliphatic heterocycles. The first-order chi connectivity index (χ1) is 14.4. The molecule has 5 heteroatoms. The summed E-state index contributed by atoms with van der Waals surface area (Å²) >= 11 is 3.66. The lowest BCUT2D eigenvalue weighted by Gasteiger charge is -2.27. The minimum absolute atomic E-state index is 0.0104. The first-order valence-electron chi connectivity index (χ1n) is 11.1. The van der Waals surface area contributed by atoms with E-state index in [4.69, 9.17) is 4.74 Å². The maximum atomic E-state index is 10.9. The highest BCUT2D eigenvalue weighted by Gasteiger charge is 2.24. The normalized spacial score (nSPS) is 19.4. The zero-order valence-corrected chi connectivity index (χ0v) is 22.5. The molecular weight excluding hydrogens is 424 g/mol. The van der Waals surface area contributed by atoms with E-state index in [0.717, 1.165) is 40.4 Å². The van der Waals surface area contributed by atoms with Crippen LogP contribution in [0.5, 0.6) is 0 Å². The lowest BCUT2D eigenvalue weighted by molar-refractivity contribution is 0.265. The molecule has 176 valence electrons. The van der Waals surface area contributed by atoms with E-state index in [1.54, 1.807) is 13.2 Å². The Balaban J connectivity index is 3.51. The Morgan fingerprint density at radius 1 is 1.10 bits per heavy atom. The maximum absolute atomic E-state index is 10.9. The summed E-state index contributed by atoms with van der Waals surface area (Å²) in [7, 11) is 1.74. The van der Waals surface area contributed by atoms with Gasteiger partial charge >= 0.3 is 0 Å². The third-order valence-corrected chi connectivity index (χ3v) is 7.88. The van der Waals surface area contributed by atoms with E-state index < -0.39 is 0 Å². The molecule has 0 saturated carbocycles. The molecule has 0 radical (unpaired) electrons. The lowest BCUT2D eigenvalue weighted by Crippen LogP contribution is -2.14. The molecule has 1 heterocycles. The molecule has 1 rings (SSSR count). The zero-order valence-electron chi connectivity index (χ0n) is 20.8. The van der Waals surface area contributed by atoms with E-state index in [9.17, 15) is 10.2 Å². The van der Waals surface area contributed by atoms with Crippen molar-refractivity contribution in [2.24, 2.45) is 11.3 Å². The van der Waals surface area contributed by atoms with Crippen molar-refractivity contribution in [1.82, 2.24) is 0 Å². The molecule has 0 unspecified atom stereocenters. The zero-order chi connectivity index (χ0) is 23.8. The molecule has 0 aromatic heterocycles. The van der Waals surface area contributed by atoms with Crippen molar-refractivity contribution >= 4 is 23.5 Å². The van der Waals surface area contributed by atoms with E-state index in [0.29, 0.717) is 0 Å². The first kappa shape index (κ1) is 27.8. The van der Waals surface area contributed by atoms with Crippen LogP contribution in [0.1, 0.15) is 68.2 Å². The van der Waals surface area contributed by atoms with Gasteiger partial charge in [-0.2, -0.15) is 0 Å². The van der Waals surface area contributed by atoms with Crippen molar-refractivity contribution in [2.45, 2.75) is 72.8 Å². The number of hydrogen-bond donors (Lipinski definition) is 2. The van der Waals surface area contributed by atoms with Gasteiger partial charge in [0.1, 0.15) is 0 Å². The Labute approximate surface area is 198 Å². The number of rotatable bonds is 8. The lowest BCUT2D eigenvalue weighted by atomic mass is 9.80. The van der Waals surface area contributed by atoms with Crippen LogP contribution in [0, 0.1) is 11.3 Å². The largest absolute Gasteiger partial charge is 0.504 e. The van der Waals surface area contributed by atoms with Gasteiger partial charge in [0.05, 0.1) is 17.5 Å². The standard InChI is InChI=1S/C26H42O3S2/c1-10-22(29-9)23(26(6,7)8)19(5)15-18(4)16-20(25-30-12-11-13-31-25)24(28)21(27)14-17(2)3/h14-17,25,27-28H,10-13H2,1-9H3/b18-16+,19-15-,21-14-,23-22-,24-20-. The van der Waals surface area contributed by atoms with E-state index >= 15 is 0 Å². The highest BCUT2D eigenvalue weighted by Crippen LogP contribution is 2.39. The molecule has 0 aliphatic carbocycles. The van der Waals surface area contributed by atoms with Gasteiger partial charge in [0.2, 0.25) is 0 Å². The van der Waals surface area contributed by atoms with Crippen molar-refractivity contribution in [3.63, 3.8) is 0 Å². The second kappa shape index (κ2) is 12.7. The molecule has 0 bridgehead atoms. The second-order valence-corrected chi connectivity index (χ2v) is 12.1. The van der Waals surface area contributed by atoms with Gasteiger partial charge in [-0.1, -0.05) is 59.3 Å². The van der Waals surface area contributed by atoms with E-state index in [1.807, 2.05) is 43.4 Å². The Morgan fingerprint density at radius 3 is 2.13 bits per heavy atom. The Bertz CT molecular complexity index is 750. The highest BCUT2D eigenvalue weighted by atomic mass is 32.2. The van der Waals surface area contributed by atoms with Crippen LogP contribution in [0.3, 0.4) is 0 Å². The van der Waals surface area contributed by atoms with Gasteiger partial charge in [-0.3, -0.25) is 0 Å². The fraction of sp³-hybridized carbons (Fsp3) is 0.615. The van der Waals surface area contributed by atoms with Gasteiger partial charge in [-0.25, -0.2) is 0 Å². The molecule has 1 fully saturated rings. The number of ether oxygens (including phenoxy) is 1. The number of hydrogen-bond acceptors (Lipinski definition) is 5. The average Bonchev–Trinajstić information content (AvgIpc) is 2.68. The summed E-state index contributed by atoms with van der Waals surface area (Å²) in [4.78, 5) is 0. The van der Waals surface area contributed by atoms with Gasteiger partial charge < -0.3 is 14.9 Å². The molecule has 0 amide bonds. The highest BCUT2D eigenvalue weighted by molar-refractivity contribution is 8.17. The van der Waals surface area contributed by atoms with Crippen LogP contribution in [0.15, 0.2) is 57.8 Å². The van der Waals surface area contributed by atoms with Gasteiger partial charge in [0.15, 0.2) is 11.5 Å². The smallest absolute Gasteiger partial charge is 0.162 e. The van der Waals surface area contributed by atoms with Gasteiger partial charge in [-0.15, -0.1) is 23.5 Å². The van der Waals surface area contributed by atoms with Crippen LogP contribution in [0.4, 0.5) is 0 Å². The van der Waals surface area contributed by atoms with Crippen molar-refractivity contribution in [3.8, 4) is 0 Å². The van der Waals surface area contributed by atoms with Crippen LogP contribution in [-0.2, 0) is 4.74 Å². The molecule has 0 spiro atoms. The van der Waals surface area contributed by atoms with E-state index in [2.05, 4.69) is 47.6 Å². The Morgan fingerprint density at radius 2 is 1.68 bits per heavy atom. The second-order valence-electron chi connectivity index (χ2n) is 9.35. The van der Waals surface area contributed by atoms with E-state index in [-0.39, 0.29) is 27.4 Å². The van der Waals surface area contributed by atoms with Crippen LogP contribution in [0.25, 0.3) is 0 Å². The Hall–Kier alpha value is -1.20. The fourth-order valence-corrected chi connectivity index (χ4v) is 6.73. The number of aliphatic hydroxyl groups excluding tert-OH is 2. The maximum Gasteiger partial charge on any atom is 0.162 e. The molecule has 0 aromatic carbocycles. The summed E-state index contributed by atoms with van der Waals surface area (Å²) in [6.45, 7) is 16.9. The van der Waals surface area contributed by atoms with Crippen LogP contribution < -0.4 is 0 Å². The average molecular weight is 467 g/mol. The number of thioether (sulfide) groups is 2. The first-order valence-corrected chi connectivity index (χ1v) is 13.2. The summed E-state index contributed by atoms with van der Waals surface area (Å²) in [6.07, 6.45) is 7.89. The predicted octanol–water partition coefficient (Wildman–Crippen LogP) is 8.34. The quantitative estimate of drug-likeness (QED) is 0.278. The Kier molecular flexibility index (Phi) is 11.4.